The zero-order chi connectivity index (χ0) is 17.1. The first kappa shape index (κ1) is 15.7. The van der Waals surface area contributed by atoms with Gasteiger partial charge in [0.25, 0.3) is 5.56 Å². The van der Waals surface area contributed by atoms with Gasteiger partial charge in [-0.05, 0) is 35.2 Å². The molecule has 0 aliphatic heterocycles. The third-order valence-electron chi connectivity index (χ3n) is 3.47. The van der Waals surface area contributed by atoms with Crippen molar-refractivity contribution in [3.63, 3.8) is 0 Å². The molecule has 0 fully saturated rings. The van der Waals surface area contributed by atoms with E-state index in [0.717, 1.165) is 10.4 Å². The SMILES string of the molecule is O=c1c(=CC=Cc2ccccc2)sc2nc(C=Cc3cccs3)nn12. The number of benzene rings is 1. The van der Waals surface area contributed by atoms with Gasteiger partial charge in [0.05, 0.1) is 4.53 Å². The molecular formula is C19H13N3OS2. The molecule has 4 nitrogen and oxygen atoms in total. The van der Waals surface area contributed by atoms with Gasteiger partial charge in [0.2, 0.25) is 4.96 Å². The van der Waals surface area contributed by atoms with Gasteiger partial charge < -0.3 is 0 Å². The molecule has 0 atom stereocenters. The van der Waals surface area contributed by atoms with E-state index in [0.29, 0.717) is 15.3 Å². The van der Waals surface area contributed by atoms with E-state index in [1.165, 1.54) is 15.9 Å². The second-order valence-corrected chi connectivity index (χ2v) is 7.21. The van der Waals surface area contributed by atoms with Crippen molar-refractivity contribution in [3.8, 4) is 0 Å². The van der Waals surface area contributed by atoms with Crippen LogP contribution in [0.4, 0.5) is 0 Å². The predicted octanol–water partition coefficient (Wildman–Crippen LogP) is 3.60. The number of fused-ring (bicyclic) bond motifs is 1. The lowest BCUT2D eigenvalue weighted by Crippen LogP contribution is -2.23. The lowest BCUT2D eigenvalue weighted by Gasteiger charge is -1.87. The zero-order valence-corrected chi connectivity index (χ0v) is 14.7. The lowest BCUT2D eigenvalue weighted by atomic mass is 10.2. The summed E-state index contributed by atoms with van der Waals surface area (Å²) in [5, 5.41) is 6.29. The first-order valence-electron chi connectivity index (χ1n) is 7.64. The highest BCUT2D eigenvalue weighted by Crippen LogP contribution is 2.12. The van der Waals surface area contributed by atoms with Gasteiger partial charge in [-0.2, -0.15) is 9.50 Å². The van der Waals surface area contributed by atoms with Gasteiger partial charge in [-0.25, -0.2) is 0 Å². The summed E-state index contributed by atoms with van der Waals surface area (Å²) < 4.78 is 1.98. The number of hydrogen-bond donors (Lipinski definition) is 0. The van der Waals surface area contributed by atoms with E-state index in [1.807, 2.05) is 72.1 Å². The molecular weight excluding hydrogens is 350 g/mol. The highest BCUT2D eigenvalue weighted by molar-refractivity contribution is 7.15. The van der Waals surface area contributed by atoms with E-state index in [-0.39, 0.29) is 5.56 Å². The maximum absolute atomic E-state index is 12.4. The van der Waals surface area contributed by atoms with E-state index in [4.69, 9.17) is 0 Å². The minimum Gasteiger partial charge on any atom is -0.266 e. The highest BCUT2D eigenvalue weighted by Gasteiger charge is 2.08. The summed E-state index contributed by atoms with van der Waals surface area (Å²) in [5.74, 6) is 0.545. The number of thiophene rings is 1. The number of thiazole rings is 1. The van der Waals surface area contributed by atoms with Crippen LogP contribution in [0.15, 0.2) is 58.7 Å². The molecule has 0 aliphatic carbocycles. The molecule has 0 spiro atoms. The van der Waals surface area contributed by atoms with Crippen molar-refractivity contribution < 1.29 is 0 Å². The van der Waals surface area contributed by atoms with E-state index in [2.05, 4.69) is 10.1 Å². The molecule has 3 heterocycles. The maximum atomic E-state index is 12.4. The van der Waals surface area contributed by atoms with Crippen LogP contribution < -0.4 is 10.1 Å². The molecule has 0 aliphatic rings. The average molecular weight is 363 g/mol. The Bertz CT molecular complexity index is 1150. The van der Waals surface area contributed by atoms with Crippen LogP contribution in [0.3, 0.4) is 0 Å². The molecule has 0 unspecified atom stereocenters. The third kappa shape index (κ3) is 3.50. The molecule has 0 radical (unpaired) electrons. The number of nitrogens with zero attached hydrogens (tertiary/aromatic N) is 3. The summed E-state index contributed by atoms with van der Waals surface area (Å²) in [6.07, 6.45) is 9.41. The third-order valence-corrected chi connectivity index (χ3v) is 5.29. The van der Waals surface area contributed by atoms with E-state index in [1.54, 1.807) is 17.4 Å². The Labute approximate surface area is 151 Å². The van der Waals surface area contributed by atoms with Gasteiger partial charge in [-0.15, -0.1) is 16.4 Å². The van der Waals surface area contributed by atoms with Crippen LogP contribution in [0.1, 0.15) is 16.3 Å². The fourth-order valence-corrected chi connectivity index (χ4v) is 3.77. The molecule has 6 heteroatoms. The van der Waals surface area contributed by atoms with Crippen molar-refractivity contribution in [1.29, 1.82) is 0 Å². The standard InChI is InChI=1S/C19H13N3OS2/c23-18-16(10-4-8-14-6-2-1-3-7-14)25-19-20-17(21-22(18)19)12-11-15-9-5-13-24-15/h1-13H. The second kappa shape index (κ2) is 6.96. The Morgan fingerprint density at radius 3 is 2.64 bits per heavy atom. The summed E-state index contributed by atoms with van der Waals surface area (Å²) >= 11 is 2.99. The Morgan fingerprint density at radius 2 is 1.88 bits per heavy atom. The van der Waals surface area contributed by atoms with E-state index < -0.39 is 0 Å². The van der Waals surface area contributed by atoms with Crippen molar-refractivity contribution in [2.45, 2.75) is 0 Å². The minimum absolute atomic E-state index is 0.138. The van der Waals surface area contributed by atoms with Gasteiger partial charge >= 0.3 is 0 Å². The summed E-state index contributed by atoms with van der Waals surface area (Å²) in [5.41, 5.74) is 0.952. The van der Waals surface area contributed by atoms with Crippen LogP contribution in [0.5, 0.6) is 0 Å². The van der Waals surface area contributed by atoms with Crippen molar-refractivity contribution >= 4 is 51.9 Å². The van der Waals surface area contributed by atoms with Crippen molar-refractivity contribution in [1.82, 2.24) is 14.6 Å². The fourth-order valence-electron chi connectivity index (χ4n) is 2.29. The predicted molar refractivity (Wildman–Crippen MR) is 106 cm³/mol. The van der Waals surface area contributed by atoms with Crippen LogP contribution in [0, 0.1) is 0 Å². The molecule has 1 aromatic carbocycles. The van der Waals surface area contributed by atoms with Crippen LogP contribution in [-0.2, 0) is 0 Å². The Morgan fingerprint density at radius 1 is 1.00 bits per heavy atom. The Hall–Kier alpha value is -2.83. The average Bonchev–Trinajstić information content (AvgIpc) is 3.34. The van der Waals surface area contributed by atoms with Crippen molar-refractivity contribution in [2.75, 3.05) is 0 Å². The van der Waals surface area contributed by atoms with Crippen molar-refractivity contribution in [2.24, 2.45) is 0 Å². The number of allylic oxidation sites excluding steroid dienone is 1. The maximum Gasteiger partial charge on any atom is 0.291 e. The second-order valence-electron chi connectivity index (χ2n) is 5.22. The smallest absolute Gasteiger partial charge is 0.266 e. The normalized spacial score (nSPS) is 12.9. The zero-order valence-electron chi connectivity index (χ0n) is 13.1. The monoisotopic (exact) mass is 363 g/mol. The molecule has 0 saturated heterocycles. The molecule has 4 rings (SSSR count). The van der Waals surface area contributed by atoms with Gasteiger partial charge in [-0.1, -0.05) is 59.9 Å². The van der Waals surface area contributed by atoms with E-state index >= 15 is 0 Å². The molecule has 0 bridgehead atoms. The van der Waals surface area contributed by atoms with Crippen LogP contribution in [-0.4, -0.2) is 14.6 Å². The van der Waals surface area contributed by atoms with E-state index in [9.17, 15) is 4.79 Å². The molecule has 0 amide bonds. The molecule has 25 heavy (non-hydrogen) atoms. The van der Waals surface area contributed by atoms with Crippen LogP contribution in [0.2, 0.25) is 0 Å². The van der Waals surface area contributed by atoms with Gasteiger partial charge in [-0.3, -0.25) is 4.79 Å². The molecule has 4 aromatic rings. The van der Waals surface area contributed by atoms with Crippen molar-refractivity contribution in [3.05, 3.63) is 85.1 Å². The quantitative estimate of drug-likeness (QED) is 0.557. The van der Waals surface area contributed by atoms with Crippen LogP contribution >= 0.6 is 22.7 Å². The van der Waals surface area contributed by atoms with Gasteiger partial charge in [0.15, 0.2) is 5.82 Å². The lowest BCUT2D eigenvalue weighted by molar-refractivity contribution is 0.925. The topological polar surface area (TPSA) is 47.3 Å². The molecule has 122 valence electrons. The number of rotatable bonds is 4. The van der Waals surface area contributed by atoms with Gasteiger partial charge in [0.1, 0.15) is 0 Å². The first-order valence-corrected chi connectivity index (χ1v) is 9.34. The Balaban J connectivity index is 1.61. The Kier molecular flexibility index (Phi) is 4.37. The highest BCUT2D eigenvalue weighted by atomic mass is 32.1. The largest absolute Gasteiger partial charge is 0.291 e. The summed E-state index contributed by atoms with van der Waals surface area (Å²) in [6, 6.07) is 14.0. The van der Waals surface area contributed by atoms with Gasteiger partial charge in [0, 0.05) is 4.88 Å². The molecule has 0 N–H and O–H groups in total. The van der Waals surface area contributed by atoms with Crippen LogP contribution in [0.25, 0.3) is 29.3 Å². The summed E-state index contributed by atoms with van der Waals surface area (Å²) in [4.78, 5) is 18.5. The molecule has 0 saturated carbocycles. The number of hydrogen-bond acceptors (Lipinski definition) is 5. The summed E-state index contributed by atoms with van der Waals surface area (Å²) in [7, 11) is 0. The fraction of sp³-hybridized carbons (Fsp3) is 0. The minimum atomic E-state index is -0.138. The first-order chi connectivity index (χ1) is 12.3. The number of aromatic nitrogens is 3. The summed E-state index contributed by atoms with van der Waals surface area (Å²) in [6.45, 7) is 0. The molecule has 3 aromatic heterocycles.